The molecule has 2 N–H and O–H groups in total. The van der Waals surface area contributed by atoms with E-state index in [0.717, 1.165) is 31.6 Å². The Bertz CT molecular complexity index is 1450. The van der Waals surface area contributed by atoms with E-state index >= 15 is 0 Å². The quantitative estimate of drug-likeness (QED) is 0.407. The van der Waals surface area contributed by atoms with Gasteiger partial charge in [0.05, 0.1) is 16.8 Å². The highest BCUT2D eigenvalue weighted by Gasteiger charge is 2.49. The van der Waals surface area contributed by atoms with Crippen molar-refractivity contribution in [1.82, 2.24) is 15.2 Å². The predicted molar refractivity (Wildman–Crippen MR) is 131 cm³/mol. The van der Waals surface area contributed by atoms with Crippen molar-refractivity contribution < 1.29 is 19.1 Å². The fourth-order valence-corrected chi connectivity index (χ4v) is 4.96. The first-order chi connectivity index (χ1) is 16.4. The van der Waals surface area contributed by atoms with E-state index in [1.807, 2.05) is 67.6 Å². The summed E-state index contributed by atoms with van der Waals surface area (Å²) in [7, 11) is 0. The van der Waals surface area contributed by atoms with Crippen LogP contribution in [0.3, 0.4) is 0 Å². The number of urea groups is 1. The Labute approximate surface area is 199 Å². The first-order valence-corrected chi connectivity index (χ1v) is 11.7. The average Bonchev–Trinajstić information content (AvgIpc) is 3.32. The number of anilines is 1. The van der Waals surface area contributed by atoms with E-state index in [0.29, 0.717) is 17.3 Å². The van der Waals surface area contributed by atoms with E-state index in [-0.39, 0.29) is 0 Å². The minimum absolute atomic E-state index is 0.387. The maximum absolute atomic E-state index is 13.2. The Balaban J connectivity index is 1.32. The number of rotatable bonds is 6. The van der Waals surface area contributed by atoms with Crippen LogP contribution in [0.2, 0.25) is 0 Å². The lowest BCUT2D eigenvalue weighted by molar-refractivity contribution is -0.133. The van der Waals surface area contributed by atoms with Gasteiger partial charge < -0.3 is 15.4 Å². The van der Waals surface area contributed by atoms with E-state index in [9.17, 15) is 14.4 Å². The minimum atomic E-state index is -1.26. The maximum Gasteiger partial charge on any atom is 0.325 e. The Morgan fingerprint density at radius 2 is 1.91 bits per heavy atom. The first kappa shape index (κ1) is 21.8. The van der Waals surface area contributed by atoms with Crippen molar-refractivity contribution in [2.45, 2.75) is 19.4 Å². The standard InChI is InChI=1S/C25H22N4O4S/c1-3-33-18-10-11-19-20(13-18)34-23(26-19)27-21(30)14-29-22(31)25(2,28-24(29)32)17-9-8-15-6-4-5-7-16(15)12-17/h4-13H,3,14H2,1-2H3,(H,28,32)(H,26,27,30). The SMILES string of the molecule is CCOc1ccc2nc(NC(=O)CN3C(=O)NC(C)(c4ccc5ccccc5c4)C3=O)sc2c1. The summed E-state index contributed by atoms with van der Waals surface area (Å²) in [5.74, 6) is -0.257. The predicted octanol–water partition coefficient (Wildman–Crippen LogP) is 4.25. The Morgan fingerprint density at radius 1 is 1.12 bits per heavy atom. The second-order valence-corrected chi connectivity index (χ2v) is 9.17. The van der Waals surface area contributed by atoms with Crippen molar-refractivity contribution in [3.05, 3.63) is 66.2 Å². The van der Waals surface area contributed by atoms with E-state index in [1.165, 1.54) is 11.3 Å². The van der Waals surface area contributed by atoms with Crippen LogP contribution < -0.4 is 15.4 Å². The van der Waals surface area contributed by atoms with Crippen molar-refractivity contribution in [3.8, 4) is 5.75 Å². The van der Waals surface area contributed by atoms with Crippen molar-refractivity contribution in [2.24, 2.45) is 0 Å². The molecule has 1 aromatic heterocycles. The van der Waals surface area contributed by atoms with Crippen LogP contribution in [-0.4, -0.2) is 40.9 Å². The van der Waals surface area contributed by atoms with Crippen LogP contribution in [0.1, 0.15) is 19.4 Å². The molecule has 0 saturated carbocycles. The first-order valence-electron chi connectivity index (χ1n) is 10.8. The lowest BCUT2D eigenvalue weighted by Gasteiger charge is -2.22. The number of fused-ring (bicyclic) bond motifs is 2. The second kappa shape index (κ2) is 8.42. The molecule has 34 heavy (non-hydrogen) atoms. The molecule has 1 fully saturated rings. The molecule has 1 atom stereocenters. The molecule has 5 rings (SSSR count). The number of hydrogen-bond donors (Lipinski definition) is 2. The molecule has 172 valence electrons. The molecule has 3 aromatic carbocycles. The number of aromatic nitrogens is 1. The summed E-state index contributed by atoms with van der Waals surface area (Å²) in [6.45, 7) is 3.70. The zero-order valence-corrected chi connectivity index (χ0v) is 19.4. The summed E-state index contributed by atoms with van der Waals surface area (Å²) in [5, 5.41) is 7.83. The van der Waals surface area contributed by atoms with Gasteiger partial charge in [-0.05, 0) is 54.4 Å². The highest BCUT2D eigenvalue weighted by molar-refractivity contribution is 7.22. The third kappa shape index (κ3) is 3.84. The molecule has 9 heteroatoms. The number of ether oxygens (including phenoxy) is 1. The summed E-state index contributed by atoms with van der Waals surface area (Å²) < 4.78 is 6.36. The summed E-state index contributed by atoms with van der Waals surface area (Å²) >= 11 is 1.30. The Kier molecular flexibility index (Phi) is 5.41. The largest absolute Gasteiger partial charge is 0.494 e. The van der Waals surface area contributed by atoms with Gasteiger partial charge in [-0.2, -0.15) is 0 Å². The molecule has 1 aliphatic heterocycles. The molecule has 0 aliphatic carbocycles. The minimum Gasteiger partial charge on any atom is -0.494 e. The van der Waals surface area contributed by atoms with Crippen LogP contribution in [0, 0.1) is 0 Å². The molecule has 0 radical (unpaired) electrons. The third-order valence-electron chi connectivity index (χ3n) is 5.82. The highest BCUT2D eigenvalue weighted by Crippen LogP contribution is 2.32. The number of imide groups is 1. The van der Waals surface area contributed by atoms with Crippen LogP contribution in [0.25, 0.3) is 21.0 Å². The molecule has 1 saturated heterocycles. The second-order valence-electron chi connectivity index (χ2n) is 8.14. The van der Waals surface area contributed by atoms with Gasteiger partial charge in [0.1, 0.15) is 17.8 Å². The topological polar surface area (TPSA) is 101 Å². The van der Waals surface area contributed by atoms with E-state index in [1.54, 1.807) is 6.92 Å². The fourth-order valence-electron chi connectivity index (χ4n) is 4.05. The molecule has 0 spiro atoms. The number of benzene rings is 3. The Morgan fingerprint density at radius 3 is 2.71 bits per heavy atom. The average molecular weight is 475 g/mol. The van der Waals surface area contributed by atoms with Crippen LogP contribution in [-0.2, 0) is 15.1 Å². The number of nitrogens with one attached hydrogen (secondary N) is 2. The van der Waals surface area contributed by atoms with E-state index in [4.69, 9.17) is 4.74 Å². The summed E-state index contributed by atoms with van der Waals surface area (Å²) in [4.78, 5) is 43.9. The third-order valence-corrected chi connectivity index (χ3v) is 6.75. The zero-order chi connectivity index (χ0) is 23.9. The number of amides is 4. The molecule has 4 aromatic rings. The zero-order valence-electron chi connectivity index (χ0n) is 18.6. The van der Waals surface area contributed by atoms with Gasteiger partial charge in [0.2, 0.25) is 5.91 Å². The van der Waals surface area contributed by atoms with Crippen LogP contribution in [0.5, 0.6) is 5.75 Å². The van der Waals surface area contributed by atoms with Gasteiger partial charge in [-0.15, -0.1) is 0 Å². The highest BCUT2D eigenvalue weighted by atomic mass is 32.1. The number of hydrogen-bond acceptors (Lipinski definition) is 6. The van der Waals surface area contributed by atoms with Gasteiger partial charge in [0, 0.05) is 0 Å². The van der Waals surface area contributed by atoms with Crippen molar-refractivity contribution in [3.63, 3.8) is 0 Å². The van der Waals surface area contributed by atoms with E-state index in [2.05, 4.69) is 15.6 Å². The smallest absolute Gasteiger partial charge is 0.325 e. The van der Waals surface area contributed by atoms with Gasteiger partial charge in [-0.1, -0.05) is 47.7 Å². The van der Waals surface area contributed by atoms with E-state index < -0.39 is 29.9 Å². The van der Waals surface area contributed by atoms with Gasteiger partial charge >= 0.3 is 6.03 Å². The number of carbonyl (C=O) groups is 3. The Hall–Kier alpha value is -3.98. The van der Waals surface area contributed by atoms with Gasteiger partial charge in [0.15, 0.2) is 5.13 Å². The molecular formula is C25H22N4O4S. The molecule has 4 amide bonds. The van der Waals surface area contributed by atoms with Crippen LogP contribution in [0.4, 0.5) is 9.93 Å². The van der Waals surface area contributed by atoms with Crippen LogP contribution in [0.15, 0.2) is 60.7 Å². The van der Waals surface area contributed by atoms with Gasteiger partial charge in [-0.3, -0.25) is 14.5 Å². The normalized spacial score (nSPS) is 17.9. The number of thiazole rings is 1. The van der Waals surface area contributed by atoms with Crippen molar-refractivity contribution in [2.75, 3.05) is 18.5 Å². The summed E-state index contributed by atoms with van der Waals surface area (Å²) in [5.41, 5.74) is 0.124. The van der Waals surface area contributed by atoms with Crippen molar-refractivity contribution in [1.29, 1.82) is 0 Å². The lowest BCUT2D eigenvalue weighted by Crippen LogP contribution is -2.42. The van der Waals surface area contributed by atoms with Gasteiger partial charge in [-0.25, -0.2) is 9.78 Å². The molecule has 1 aliphatic rings. The van der Waals surface area contributed by atoms with Gasteiger partial charge in [0.25, 0.3) is 5.91 Å². The number of nitrogens with zero attached hydrogens (tertiary/aromatic N) is 2. The molecular weight excluding hydrogens is 452 g/mol. The lowest BCUT2D eigenvalue weighted by atomic mass is 9.90. The van der Waals surface area contributed by atoms with Crippen molar-refractivity contribution >= 4 is 55.3 Å². The molecule has 1 unspecified atom stereocenters. The molecule has 2 heterocycles. The monoisotopic (exact) mass is 474 g/mol. The summed E-state index contributed by atoms with van der Waals surface area (Å²) in [6.07, 6.45) is 0. The molecule has 0 bridgehead atoms. The maximum atomic E-state index is 13.2. The fraction of sp³-hybridized carbons (Fsp3) is 0.200. The number of carbonyl (C=O) groups excluding carboxylic acids is 3. The molecule has 8 nitrogen and oxygen atoms in total. The van der Waals surface area contributed by atoms with Crippen LogP contribution >= 0.6 is 11.3 Å². The summed E-state index contributed by atoms with van der Waals surface area (Å²) in [6, 6.07) is 18.3.